The third-order valence-electron chi connectivity index (χ3n) is 1.67. The second-order valence-corrected chi connectivity index (χ2v) is 4.08. The third-order valence-corrected chi connectivity index (χ3v) is 2.11. The van der Waals surface area contributed by atoms with Crippen molar-refractivity contribution < 1.29 is 4.39 Å². The lowest BCUT2D eigenvalue weighted by molar-refractivity contribution is 0.548. The van der Waals surface area contributed by atoms with Crippen LogP contribution in [0.25, 0.3) is 0 Å². The summed E-state index contributed by atoms with van der Waals surface area (Å²) >= 11 is 2.91. The molecule has 1 aromatic carbocycles. The lowest BCUT2D eigenvalue weighted by atomic mass is 10.1. The summed E-state index contributed by atoms with van der Waals surface area (Å²) in [6, 6.07) is 9.46. The van der Waals surface area contributed by atoms with Crippen molar-refractivity contribution in [1.82, 2.24) is 0 Å². The molecule has 0 aromatic heterocycles. The number of benzene rings is 1. The zero-order valence-electron chi connectivity index (χ0n) is 8.24. The van der Waals surface area contributed by atoms with Crippen LogP contribution in [0.2, 0.25) is 0 Å². The van der Waals surface area contributed by atoms with Gasteiger partial charge in [0, 0.05) is 6.04 Å². The minimum Gasteiger partial charge on any atom is -0.282 e. The SMILES string of the molecule is CC(C)N=C(c1ccccc1)C(F)Br. The standard InChI is InChI=1S/C11H13BrFN/c1-8(2)14-10(11(12)13)9-6-4-3-5-7-9/h3-8,11H,1-2H3. The molecule has 76 valence electrons. The predicted molar refractivity (Wildman–Crippen MR) is 61.9 cm³/mol. The van der Waals surface area contributed by atoms with Gasteiger partial charge in [0.1, 0.15) is 0 Å². The van der Waals surface area contributed by atoms with Crippen LogP contribution in [-0.4, -0.2) is 16.8 Å². The molecule has 0 amide bonds. The molecule has 1 rings (SSSR count). The Balaban J connectivity index is 3.01. The molecule has 1 atom stereocenters. The summed E-state index contributed by atoms with van der Waals surface area (Å²) in [5.74, 6) is 0. The first-order chi connectivity index (χ1) is 6.61. The Labute approximate surface area is 92.2 Å². The van der Waals surface area contributed by atoms with Crippen molar-refractivity contribution in [2.45, 2.75) is 25.0 Å². The highest BCUT2D eigenvalue weighted by Crippen LogP contribution is 2.13. The highest BCUT2D eigenvalue weighted by molar-refractivity contribution is 9.09. The van der Waals surface area contributed by atoms with Crippen molar-refractivity contribution >= 4 is 21.6 Å². The van der Waals surface area contributed by atoms with E-state index in [0.29, 0.717) is 5.71 Å². The molecule has 0 aliphatic rings. The van der Waals surface area contributed by atoms with Gasteiger partial charge in [-0.3, -0.25) is 4.99 Å². The van der Waals surface area contributed by atoms with Gasteiger partial charge in [-0.25, -0.2) is 4.39 Å². The van der Waals surface area contributed by atoms with E-state index >= 15 is 0 Å². The van der Waals surface area contributed by atoms with Crippen molar-refractivity contribution in [3.8, 4) is 0 Å². The fourth-order valence-electron chi connectivity index (χ4n) is 1.14. The second-order valence-electron chi connectivity index (χ2n) is 3.27. The van der Waals surface area contributed by atoms with E-state index in [1.54, 1.807) is 0 Å². The Morgan fingerprint density at radius 3 is 2.29 bits per heavy atom. The molecule has 1 aromatic rings. The number of hydrogen-bond acceptors (Lipinski definition) is 1. The van der Waals surface area contributed by atoms with Gasteiger partial charge >= 0.3 is 0 Å². The van der Waals surface area contributed by atoms with Crippen LogP contribution >= 0.6 is 15.9 Å². The van der Waals surface area contributed by atoms with Crippen LogP contribution in [0.5, 0.6) is 0 Å². The summed E-state index contributed by atoms with van der Waals surface area (Å²) in [4.78, 5) is 4.24. The molecule has 0 saturated carbocycles. The lowest BCUT2D eigenvalue weighted by Crippen LogP contribution is -2.13. The van der Waals surface area contributed by atoms with Gasteiger partial charge < -0.3 is 0 Å². The number of alkyl halides is 2. The number of nitrogens with zero attached hydrogens (tertiary/aromatic N) is 1. The quantitative estimate of drug-likeness (QED) is 0.580. The molecule has 0 heterocycles. The first-order valence-electron chi connectivity index (χ1n) is 4.52. The fourth-order valence-corrected chi connectivity index (χ4v) is 1.53. The first-order valence-corrected chi connectivity index (χ1v) is 5.44. The van der Waals surface area contributed by atoms with Crippen LogP contribution in [0.4, 0.5) is 4.39 Å². The summed E-state index contributed by atoms with van der Waals surface area (Å²) in [6.07, 6.45) is 0. The molecule has 0 radical (unpaired) electrons. The maximum atomic E-state index is 13.2. The zero-order chi connectivity index (χ0) is 10.6. The van der Waals surface area contributed by atoms with Gasteiger partial charge in [0.05, 0.1) is 5.71 Å². The lowest BCUT2D eigenvalue weighted by Gasteiger charge is -2.08. The molecule has 0 N–H and O–H groups in total. The van der Waals surface area contributed by atoms with Gasteiger partial charge in [-0.2, -0.15) is 0 Å². The van der Waals surface area contributed by atoms with Crippen LogP contribution in [0.15, 0.2) is 35.3 Å². The van der Waals surface area contributed by atoms with E-state index in [4.69, 9.17) is 0 Å². The van der Waals surface area contributed by atoms with Crippen LogP contribution in [-0.2, 0) is 0 Å². The normalized spacial score (nSPS) is 14.5. The Morgan fingerprint density at radius 2 is 1.86 bits per heavy atom. The molecule has 0 aliphatic carbocycles. The van der Waals surface area contributed by atoms with Crippen molar-refractivity contribution in [1.29, 1.82) is 0 Å². The van der Waals surface area contributed by atoms with Gasteiger partial charge in [-0.1, -0.05) is 30.3 Å². The van der Waals surface area contributed by atoms with E-state index in [1.165, 1.54) is 0 Å². The van der Waals surface area contributed by atoms with E-state index < -0.39 is 5.08 Å². The van der Waals surface area contributed by atoms with Gasteiger partial charge in [-0.15, -0.1) is 0 Å². The molecule has 0 bridgehead atoms. The molecule has 1 nitrogen and oxygen atoms in total. The number of halogens is 2. The van der Waals surface area contributed by atoms with E-state index in [-0.39, 0.29) is 6.04 Å². The minimum absolute atomic E-state index is 0.0982. The number of rotatable bonds is 3. The Bertz CT molecular complexity index is 306. The number of aliphatic imine (C=N–C) groups is 1. The fraction of sp³-hybridized carbons (Fsp3) is 0.364. The maximum Gasteiger partial charge on any atom is 0.196 e. The van der Waals surface area contributed by atoms with Crippen molar-refractivity contribution in [2.24, 2.45) is 4.99 Å². The van der Waals surface area contributed by atoms with Crippen LogP contribution in [0, 0.1) is 0 Å². The highest BCUT2D eigenvalue weighted by Gasteiger charge is 2.13. The third kappa shape index (κ3) is 3.22. The van der Waals surface area contributed by atoms with E-state index in [1.807, 2.05) is 44.2 Å². The average molecular weight is 258 g/mol. The molecule has 0 fully saturated rings. The second kappa shape index (κ2) is 5.25. The van der Waals surface area contributed by atoms with Crippen molar-refractivity contribution in [3.05, 3.63) is 35.9 Å². The average Bonchev–Trinajstić information content (AvgIpc) is 2.15. The monoisotopic (exact) mass is 257 g/mol. The summed E-state index contributed by atoms with van der Waals surface area (Å²) in [6.45, 7) is 3.86. The molecule has 0 aliphatic heterocycles. The molecular formula is C11H13BrFN. The molecule has 0 spiro atoms. The van der Waals surface area contributed by atoms with Crippen molar-refractivity contribution in [2.75, 3.05) is 0 Å². The summed E-state index contributed by atoms with van der Waals surface area (Å²) in [5.41, 5.74) is 1.28. The van der Waals surface area contributed by atoms with Crippen molar-refractivity contribution in [3.63, 3.8) is 0 Å². The van der Waals surface area contributed by atoms with Gasteiger partial charge in [0.25, 0.3) is 0 Å². The van der Waals surface area contributed by atoms with Crippen LogP contribution in [0.3, 0.4) is 0 Å². The molecule has 0 saturated heterocycles. The van der Waals surface area contributed by atoms with E-state index in [2.05, 4.69) is 20.9 Å². The zero-order valence-corrected chi connectivity index (χ0v) is 9.83. The summed E-state index contributed by atoms with van der Waals surface area (Å²) in [7, 11) is 0. The maximum absolute atomic E-state index is 13.2. The smallest absolute Gasteiger partial charge is 0.196 e. The minimum atomic E-state index is -1.20. The predicted octanol–water partition coefficient (Wildman–Crippen LogP) is 3.57. The first kappa shape index (κ1) is 11.4. The van der Waals surface area contributed by atoms with E-state index in [0.717, 1.165) is 5.56 Å². The summed E-state index contributed by atoms with van der Waals surface area (Å²) in [5, 5.41) is -1.20. The Morgan fingerprint density at radius 1 is 1.29 bits per heavy atom. The largest absolute Gasteiger partial charge is 0.282 e. The van der Waals surface area contributed by atoms with E-state index in [9.17, 15) is 4.39 Å². The number of hydrogen-bond donors (Lipinski definition) is 0. The molecule has 3 heteroatoms. The summed E-state index contributed by atoms with van der Waals surface area (Å²) < 4.78 is 13.2. The molecule has 1 unspecified atom stereocenters. The molecular weight excluding hydrogens is 245 g/mol. The highest BCUT2D eigenvalue weighted by atomic mass is 79.9. The topological polar surface area (TPSA) is 12.4 Å². The van der Waals surface area contributed by atoms with Gasteiger partial charge in [0.15, 0.2) is 5.08 Å². The molecule has 14 heavy (non-hydrogen) atoms. The van der Waals surface area contributed by atoms with Crippen LogP contribution in [0.1, 0.15) is 19.4 Å². The Hall–Kier alpha value is -0.700. The Kier molecular flexibility index (Phi) is 4.26. The van der Waals surface area contributed by atoms with Gasteiger partial charge in [-0.05, 0) is 35.3 Å². The van der Waals surface area contributed by atoms with Gasteiger partial charge in [0.2, 0.25) is 0 Å². The van der Waals surface area contributed by atoms with Crippen LogP contribution < -0.4 is 0 Å².